The van der Waals surface area contributed by atoms with Gasteiger partial charge in [0.15, 0.2) is 0 Å². The van der Waals surface area contributed by atoms with Crippen molar-refractivity contribution in [3.8, 4) is 0 Å². The third kappa shape index (κ3) is 3.53. The third-order valence-corrected chi connectivity index (χ3v) is 2.81. The van der Waals surface area contributed by atoms with E-state index in [1.165, 1.54) is 6.92 Å². The summed E-state index contributed by atoms with van der Waals surface area (Å²) in [6.45, 7) is 4.97. The van der Waals surface area contributed by atoms with E-state index in [0.717, 1.165) is 0 Å². The number of aliphatic hydroxyl groups excluding tert-OH is 3. The quantitative estimate of drug-likeness (QED) is 0.494. The summed E-state index contributed by atoms with van der Waals surface area (Å²) in [6.07, 6.45) is -1.97. The molecule has 4 unspecified atom stereocenters. The molecule has 0 aromatic carbocycles. The van der Waals surface area contributed by atoms with Crippen LogP contribution in [0.2, 0.25) is 0 Å². The van der Waals surface area contributed by atoms with Gasteiger partial charge in [0.05, 0.1) is 23.9 Å². The molecular weight excluding hydrogens is 184 g/mol. The fourth-order valence-electron chi connectivity index (χ4n) is 1.38. The Hall–Kier alpha value is -0.160. The van der Waals surface area contributed by atoms with Crippen LogP contribution in [-0.4, -0.2) is 44.3 Å². The number of aliphatic hydroxyl groups is 4. The van der Waals surface area contributed by atoms with Crippen LogP contribution < -0.4 is 0 Å². The molecule has 4 nitrogen and oxygen atoms in total. The van der Waals surface area contributed by atoms with E-state index in [9.17, 15) is 20.4 Å². The van der Waals surface area contributed by atoms with E-state index in [4.69, 9.17) is 0 Å². The van der Waals surface area contributed by atoms with Crippen molar-refractivity contribution < 1.29 is 20.4 Å². The SMILES string of the molecule is CCC(O)C(O)CC(O)(CC)C(C)O. The third-order valence-electron chi connectivity index (χ3n) is 2.81. The van der Waals surface area contributed by atoms with Gasteiger partial charge in [-0.1, -0.05) is 13.8 Å². The zero-order valence-electron chi connectivity index (χ0n) is 9.14. The summed E-state index contributed by atoms with van der Waals surface area (Å²) in [5.74, 6) is 0. The van der Waals surface area contributed by atoms with Crippen LogP contribution >= 0.6 is 0 Å². The van der Waals surface area contributed by atoms with Crippen LogP contribution in [0, 0.1) is 0 Å². The molecule has 86 valence electrons. The van der Waals surface area contributed by atoms with Gasteiger partial charge in [-0.15, -0.1) is 0 Å². The second-order valence-corrected chi connectivity index (χ2v) is 3.88. The van der Waals surface area contributed by atoms with Crippen molar-refractivity contribution in [3.05, 3.63) is 0 Å². The molecule has 4 atom stereocenters. The van der Waals surface area contributed by atoms with Crippen molar-refractivity contribution in [2.45, 2.75) is 63.9 Å². The fraction of sp³-hybridized carbons (Fsp3) is 1.00. The van der Waals surface area contributed by atoms with Crippen molar-refractivity contribution in [3.63, 3.8) is 0 Å². The topological polar surface area (TPSA) is 80.9 Å². The zero-order chi connectivity index (χ0) is 11.4. The van der Waals surface area contributed by atoms with Gasteiger partial charge in [-0.3, -0.25) is 0 Å². The van der Waals surface area contributed by atoms with E-state index >= 15 is 0 Å². The predicted molar refractivity (Wildman–Crippen MR) is 53.8 cm³/mol. The average Bonchev–Trinajstić information content (AvgIpc) is 2.15. The average molecular weight is 206 g/mol. The Labute approximate surface area is 85.2 Å². The highest BCUT2D eigenvalue weighted by molar-refractivity contribution is 4.86. The van der Waals surface area contributed by atoms with Crippen molar-refractivity contribution in [2.24, 2.45) is 0 Å². The smallest absolute Gasteiger partial charge is 0.0925 e. The van der Waals surface area contributed by atoms with Gasteiger partial charge in [0.25, 0.3) is 0 Å². The standard InChI is InChI=1S/C10H22O4/c1-4-8(12)9(13)6-10(14,5-2)7(3)11/h7-9,11-14H,4-6H2,1-3H3. The van der Waals surface area contributed by atoms with E-state index in [1.54, 1.807) is 13.8 Å². The summed E-state index contributed by atoms with van der Waals surface area (Å²) in [7, 11) is 0. The molecule has 0 amide bonds. The molecule has 0 spiro atoms. The van der Waals surface area contributed by atoms with Crippen LogP contribution in [0.3, 0.4) is 0 Å². The maximum absolute atomic E-state index is 9.89. The van der Waals surface area contributed by atoms with Crippen LogP contribution in [0.4, 0.5) is 0 Å². The fourth-order valence-corrected chi connectivity index (χ4v) is 1.38. The van der Waals surface area contributed by atoms with Crippen LogP contribution in [0.5, 0.6) is 0 Å². The maximum Gasteiger partial charge on any atom is 0.0925 e. The molecule has 0 aliphatic rings. The lowest BCUT2D eigenvalue weighted by molar-refractivity contribution is -0.112. The van der Waals surface area contributed by atoms with Crippen molar-refractivity contribution in [1.82, 2.24) is 0 Å². The number of rotatable bonds is 6. The lowest BCUT2D eigenvalue weighted by atomic mass is 9.86. The highest BCUT2D eigenvalue weighted by Gasteiger charge is 2.34. The Bertz CT molecular complexity index is 160. The van der Waals surface area contributed by atoms with Crippen LogP contribution in [0.25, 0.3) is 0 Å². The first-order chi connectivity index (χ1) is 6.37. The van der Waals surface area contributed by atoms with Crippen LogP contribution in [0.1, 0.15) is 40.0 Å². The molecule has 4 N–H and O–H groups in total. The van der Waals surface area contributed by atoms with Gasteiger partial charge in [-0.25, -0.2) is 0 Å². The first-order valence-electron chi connectivity index (χ1n) is 5.14. The lowest BCUT2D eigenvalue weighted by Gasteiger charge is -2.33. The van der Waals surface area contributed by atoms with E-state index in [-0.39, 0.29) is 6.42 Å². The molecule has 0 aromatic heterocycles. The van der Waals surface area contributed by atoms with Gasteiger partial charge in [-0.05, 0) is 19.8 Å². The van der Waals surface area contributed by atoms with Gasteiger partial charge in [0.1, 0.15) is 0 Å². The molecule has 0 radical (unpaired) electrons. The highest BCUT2D eigenvalue weighted by Crippen LogP contribution is 2.23. The molecule has 0 aliphatic heterocycles. The summed E-state index contributed by atoms with van der Waals surface area (Å²) in [4.78, 5) is 0. The Morgan fingerprint density at radius 3 is 1.86 bits per heavy atom. The summed E-state index contributed by atoms with van der Waals surface area (Å²) in [6, 6.07) is 0. The second-order valence-electron chi connectivity index (χ2n) is 3.88. The van der Waals surface area contributed by atoms with Gasteiger partial charge in [0, 0.05) is 6.42 Å². The molecule has 0 fully saturated rings. The minimum atomic E-state index is -1.31. The molecule has 0 rings (SSSR count). The van der Waals surface area contributed by atoms with E-state index in [0.29, 0.717) is 12.8 Å². The van der Waals surface area contributed by atoms with Gasteiger partial charge in [-0.2, -0.15) is 0 Å². The Morgan fingerprint density at radius 1 is 1.07 bits per heavy atom. The molecule has 0 bridgehead atoms. The Balaban J connectivity index is 4.31. The van der Waals surface area contributed by atoms with Crippen LogP contribution in [-0.2, 0) is 0 Å². The first kappa shape index (κ1) is 13.8. The molecule has 14 heavy (non-hydrogen) atoms. The minimum Gasteiger partial charge on any atom is -0.390 e. The van der Waals surface area contributed by atoms with Crippen molar-refractivity contribution in [2.75, 3.05) is 0 Å². The Morgan fingerprint density at radius 2 is 1.57 bits per heavy atom. The number of hydrogen-bond donors (Lipinski definition) is 4. The molecular formula is C10H22O4. The van der Waals surface area contributed by atoms with Gasteiger partial charge >= 0.3 is 0 Å². The van der Waals surface area contributed by atoms with E-state index in [1.807, 2.05) is 0 Å². The van der Waals surface area contributed by atoms with Crippen molar-refractivity contribution >= 4 is 0 Å². The summed E-state index contributed by atoms with van der Waals surface area (Å²) >= 11 is 0. The molecule has 0 heterocycles. The molecule has 0 saturated heterocycles. The molecule has 4 heteroatoms. The summed E-state index contributed by atoms with van der Waals surface area (Å²) in [5, 5.41) is 38.1. The highest BCUT2D eigenvalue weighted by atomic mass is 16.4. The van der Waals surface area contributed by atoms with Gasteiger partial charge < -0.3 is 20.4 Å². The van der Waals surface area contributed by atoms with Crippen LogP contribution in [0.15, 0.2) is 0 Å². The monoisotopic (exact) mass is 206 g/mol. The second kappa shape index (κ2) is 5.66. The minimum absolute atomic E-state index is 0.00380. The molecule has 0 saturated carbocycles. The van der Waals surface area contributed by atoms with E-state index in [2.05, 4.69) is 0 Å². The Kier molecular flexibility index (Phi) is 5.59. The molecule has 0 aliphatic carbocycles. The number of hydrogen-bond acceptors (Lipinski definition) is 4. The van der Waals surface area contributed by atoms with Crippen molar-refractivity contribution in [1.29, 1.82) is 0 Å². The maximum atomic E-state index is 9.89. The predicted octanol–water partition coefficient (Wildman–Crippen LogP) is 0.0302. The lowest BCUT2D eigenvalue weighted by Crippen LogP contribution is -2.45. The normalized spacial score (nSPS) is 22.5. The summed E-state index contributed by atoms with van der Waals surface area (Å²) < 4.78 is 0. The first-order valence-corrected chi connectivity index (χ1v) is 5.14. The largest absolute Gasteiger partial charge is 0.390 e. The van der Waals surface area contributed by atoms with E-state index < -0.39 is 23.9 Å². The zero-order valence-corrected chi connectivity index (χ0v) is 9.14. The summed E-state index contributed by atoms with van der Waals surface area (Å²) in [5.41, 5.74) is -1.31. The molecule has 0 aromatic rings. The van der Waals surface area contributed by atoms with Gasteiger partial charge in [0.2, 0.25) is 0 Å².